The lowest BCUT2D eigenvalue weighted by Gasteiger charge is -2.07. The molecule has 0 fully saturated rings. The zero-order valence-electron chi connectivity index (χ0n) is 15.6. The number of hydrogen-bond donors (Lipinski definition) is 0. The lowest BCUT2D eigenvalue weighted by Crippen LogP contribution is -2.17. The molecule has 0 saturated heterocycles. The van der Waals surface area contributed by atoms with Crippen LogP contribution in [0, 0.1) is 6.92 Å². The Bertz CT molecular complexity index is 1390. The molecule has 1 aromatic carbocycles. The molecule has 0 unspecified atom stereocenters. The van der Waals surface area contributed by atoms with E-state index in [-0.39, 0.29) is 5.56 Å². The Balaban J connectivity index is 1.48. The number of fused-ring (bicyclic) bond motifs is 2. The highest BCUT2D eigenvalue weighted by Gasteiger charge is 2.12. The van der Waals surface area contributed by atoms with Crippen LogP contribution in [0.25, 0.3) is 22.4 Å². The predicted molar refractivity (Wildman–Crippen MR) is 112 cm³/mol. The first-order valence-corrected chi connectivity index (χ1v) is 10.0. The Morgan fingerprint density at radius 1 is 1.03 bits per heavy atom. The third-order valence-electron chi connectivity index (χ3n) is 4.62. The summed E-state index contributed by atoms with van der Waals surface area (Å²) in [4.78, 5) is 25.9. The van der Waals surface area contributed by atoms with Gasteiger partial charge in [-0.1, -0.05) is 36.0 Å². The molecule has 4 heterocycles. The van der Waals surface area contributed by atoms with E-state index < -0.39 is 0 Å². The molecule has 29 heavy (non-hydrogen) atoms. The van der Waals surface area contributed by atoms with Gasteiger partial charge in [-0.3, -0.25) is 9.20 Å². The first-order chi connectivity index (χ1) is 14.2. The van der Waals surface area contributed by atoms with Crippen LogP contribution in [-0.2, 0) is 5.75 Å². The van der Waals surface area contributed by atoms with Gasteiger partial charge in [-0.25, -0.2) is 19.6 Å². The normalized spacial score (nSPS) is 11.3. The molecule has 0 atom stereocenters. The standard InChI is InChI=1S/C21H16N6OS/c1-14-6-5-9-18-25-15(10-19(28)26(14)18)12-29-21-17-11-24-27(20(17)22-13-23-21)16-7-3-2-4-8-16/h2-11,13H,12H2,1H3. The second-order valence-corrected chi connectivity index (χ2v) is 7.51. The van der Waals surface area contributed by atoms with Gasteiger partial charge >= 0.3 is 0 Å². The van der Waals surface area contributed by atoms with Gasteiger partial charge in [-0.15, -0.1) is 0 Å². The van der Waals surface area contributed by atoms with Gasteiger partial charge in [0, 0.05) is 17.5 Å². The number of aryl methyl sites for hydroxylation is 1. The molecule has 142 valence electrons. The number of para-hydroxylation sites is 1. The lowest BCUT2D eigenvalue weighted by atomic mass is 10.3. The molecule has 0 aliphatic carbocycles. The van der Waals surface area contributed by atoms with Crippen LogP contribution in [-0.4, -0.2) is 29.1 Å². The molecule has 0 N–H and O–H groups in total. The summed E-state index contributed by atoms with van der Waals surface area (Å²) >= 11 is 1.52. The Morgan fingerprint density at radius 2 is 1.90 bits per heavy atom. The molecule has 5 rings (SSSR count). The third kappa shape index (κ3) is 3.17. The summed E-state index contributed by atoms with van der Waals surface area (Å²) in [7, 11) is 0. The molecule has 0 spiro atoms. The Kier molecular flexibility index (Phi) is 4.33. The van der Waals surface area contributed by atoms with Gasteiger partial charge in [0.25, 0.3) is 5.56 Å². The van der Waals surface area contributed by atoms with Gasteiger partial charge in [-0.2, -0.15) is 5.10 Å². The number of rotatable bonds is 4. The molecule has 0 aliphatic rings. The molecular formula is C21H16N6OS. The first-order valence-electron chi connectivity index (χ1n) is 9.06. The van der Waals surface area contributed by atoms with E-state index in [1.807, 2.05) is 55.5 Å². The van der Waals surface area contributed by atoms with Crippen LogP contribution < -0.4 is 5.56 Å². The topological polar surface area (TPSA) is 78.0 Å². The van der Waals surface area contributed by atoms with Crippen LogP contribution in [0.2, 0.25) is 0 Å². The SMILES string of the molecule is Cc1cccc2nc(CSc3ncnc4c3cnn4-c3ccccc3)cc(=O)n12. The minimum atomic E-state index is -0.0755. The summed E-state index contributed by atoms with van der Waals surface area (Å²) < 4.78 is 3.41. The van der Waals surface area contributed by atoms with Crippen LogP contribution in [0.3, 0.4) is 0 Å². The van der Waals surface area contributed by atoms with E-state index >= 15 is 0 Å². The summed E-state index contributed by atoms with van der Waals surface area (Å²) in [5.74, 6) is 0.530. The van der Waals surface area contributed by atoms with Gasteiger partial charge < -0.3 is 0 Å². The van der Waals surface area contributed by atoms with Crippen LogP contribution in [0.1, 0.15) is 11.4 Å². The summed E-state index contributed by atoms with van der Waals surface area (Å²) in [5, 5.41) is 6.16. The van der Waals surface area contributed by atoms with Gasteiger partial charge in [0.2, 0.25) is 0 Å². The predicted octanol–water partition coefficient (Wildman–Crippen LogP) is 3.42. The minimum absolute atomic E-state index is 0.0755. The maximum absolute atomic E-state index is 12.5. The van der Waals surface area contributed by atoms with Crippen molar-refractivity contribution in [3.63, 3.8) is 0 Å². The highest BCUT2D eigenvalue weighted by Crippen LogP contribution is 2.27. The molecule has 0 amide bonds. The molecule has 0 aliphatic heterocycles. The molecule has 0 bridgehead atoms. The summed E-state index contributed by atoms with van der Waals surface area (Å²) in [6, 6.07) is 17.1. The van der Waals surface area contributed by atoms with Crippen molar-refractivity contribution in [2.75, 3.05) is 0 Å². The molecule has 7 nitrogen and oxygen atoms in total. The summed E-state index contributed by atoms with van der Waals surface area (Å²) in [5.41, 5.74) is 3.84. The average Bonchev–Trinajstić information content (AvgIpc) is 3.17. The first kappa shape index (κ1) is 17.6. The molecule has 0 saturated carbocycles. The quantitative estimate of drug-likeness (QED) is 0.340. The van der Waals surface area contributed by atoms with E-state index in [2.05, 4.69) is 20.1 Å². The van der Waals surface area contributed by atoms with E-state index in [0.717, 1.165) is 27.4 Å². The minimum Gasteiger partial charge on any atom is -0.269 e. The summed E-state index contributed by atoms with van der Waals surface area (Å²) in [6.07, 6.45) is 3.31. The van der Waals surface area contributed by atoms with Crippen molar-refractivity contribution in [2.24, 2.45) is 0 Å². The van der Waals surface area contributed by atoms with Crippen molar-refractivity contribution in [1.82, 2.24) is 29.1 Å². The van der Waals surface area contributed by atoms with E-state index in [9.17, 15) is 4.79 Å². The number of pyridine rings is 1. The number of hydrogen-bond acceptors (Lipinski definition) is 6. The second kappa shape index (κ2) is 7.14. The van der Waals surface area contributed by atoms with Crippen molar-refractivity contribution in [1.29, 1.82) is 0 Å². The monoisotopic (exact) mass is 400 g/mol. The van der Waals surface area contributed by atoms with Crippen LogP contribution in [0.5, 0.6) is 0 Å². The van der Waals surface area contributed by atoms with E-state index in [0.29, 0.717) is 17.1 Å². The van der Waals surface area contributed by atoms with Crippen molar-refractivity contribution in [3.05, 3.63) is 88.9 Å². The molecule has 4 aromatic heterocycles. The fraction of sp³-hybridized carbons (Fsp3) is 0.0952. The summed E-state index contributed by atoms with van der Waals surface area (Å²) in [6.45, 7) is 1.90. The Hall–Kier alpha value is -3.52. The number of thioether (sulfide) groups is 1. The lowest BCUT2D eigenvalue weighted by molar-refractivity contribution is 0.893. The average molecular weight is 400 g/mol. The van der Waals surface area contributed by atoms with Gasteiger partial charge in [0.1, 0.15) is 17.0 Å². The third-order valence-corrected chi connectivity index (χ3v) is 5.66. The van der Waals surface area contributed by atoms with Crippen LogP contribution >= 0.6 is 11.8 Å². The van der Waals surface area contributed by atoms with Crippen molar-refractivity contribution in [2.45, 2.75) is 17.7 Å². The zero-order valence-corrected chi connectivity index (χ0v) is 16.4. The van der Waals surface area contributed by atoms with E-state index in [1.165, 1.54) is 18.1 Å². The van der Waals surface area contributed by atoms with E-state index in [1.54, 1.807) is 21.3 Å². The van der Waals surface area contributed by atoms with E-state index in [4.69, 9.17) is 0 Å². The molecule has 0 radical (unpaired) electrons. The molecular weight excluding hydrogens is 384 g/mol. The fourth-order valence-corrected chi connectivity index (χ4v) is 4.13. The smallest absolute Gasteiger partial charge is 0.258 e. The van der Waals surface area contributed by atoms with Crippen molar-refractivity contribution < 1.29 is 0 Å². The highest BCUT2D eigenvalue weighted by molar-refractivity contribution is 7.98. The van der Waals surface area contributed by atoms with Crippen molar-refractivity contribution in [3.8, 4) is 5.69 Å². The van der Waals surface area contributed by atoms with Crippen LogP contribution in [0.4, 0.5) is 0 Å². The fourth-order valence-electron chi connectivity index (χ4n) is 3.28. The van der Waals surface area contributed by atoms with Crippen LogP contribution in [0.15, 0.2) is 76.9 Å². The maximum Gasteiger partial charge on any atom is 0.258 e. The molecule has 8 heteroatoms. The van der Waals surface area contributed by atoms with Gasteiger partial charge in [-0.05, 0) is 31.2 Å². The Labute approximate surface area is 170 Å². The highest BCUT2D eigenvalue weighted by atomic mass is 32.2. The number of nitrogens with zero attached hydrogens (tertiary/aromatic N) is 6. The largest absolute Gasteiger partial charge is 0.269 e. The number of benzene rings is 1. The number of aromatic nitrogens is 6. The molecule has 5 aromatic rings. The van der Waals surface area contributed by atoms with Gasteiger partial charge in [0.15, 0.2) is 5.65 Å². The van der Waals surface area contributed by atoms with Gasteiger partial charge in [0.05, 0.1) is 23.0 Å². The second-order valence-electron chi connectivity index (χ2n) is 6.54. The Morgan fingerprint density at radius 3 is 2.76 bits per heavy atom. The van der Waals surface area contributed by atoms with Crippen molar-refractivity contribution >= 4 is 28.4 Å². The zero-order chi connectivity index (χ0) is 19.8. The maximum atomic E-state index is 12.5.